The molecule has 3 nitrogen and oxygen atoms in total. The Morgan fingerprint density at radius 2 is 1.77 bits per heavy atom. The van der Waals surface area contributed by atoms with Gasteiger partial charge in [-0.1, -0.05) is 61.9 Å². The van der Waals surface area contributed by atoms with Crippen molar-refractivity contribution >= 4 is 34.7 Å². The van der Waals surface area contributed by atoms with Gasteiger partial charge in [-0.2, -0.15) is 0 Å². The lowest BCUT2D eigenvalue weighted by molar-refractivity contribution is -0.137. The number of hydrogen-bond acceptors (Lipinski definition) is 3. The molecule has 0 heterocycles. The molecule has 0 saturated heterocycles. The molecule has 0 aliphatic heterocycles. The fourth-order valence-corrected chi connectivity index (χ4v) is 3.17. The zero-order valence-electron chi connectivity index (χ0n) is 16.8. The van der Waals surface area contributed by atoms with Gasteiger partial charge in [-0.15, -0.1) is 0 Å². The van der Waals surface area contributed by atoms with Gasteiger partial charge in [0.1, 0.15) is 5.82 Å². The average molecular weight is 402 g/mol. The van der Waals surface area contributed by atoms with Crippen LogP contribution in [0.15, 0.2) is 72.8 Å². The lowest BCUT2D eigenvalue weighted by Gasteiger charge is -2.12. The van der Waals surface area contributed by atoms with E-state index in [0.717, 1.165) is 35.5 Å². The summed E-state index contributed by atoms with van der Waals surface area (Å²) in [7, 11) is 0. The number of benzene rings is 3. The third-order valence-corrected chi connectivity index (χ3v) is 4.71. The van der Waals surface area contributed by atoms with E-state index in [-0.39, 0.29) is 5.82 Å². The van der Waals surface area contributed by atoms with E-state index >= 15 is 0 Å². The lowest BCUT2D eigenvalue weighted by atomic mass is 9.92. The summed E-state index contributed by atoms with van der Waals surface area (Å²) >= 11 is 0. The van der Waals surface area contributed by atoms with Crippen LogP contribution in [0.25, 0.3) is 22.4 Å². The van der Waals surface area contributed by atoms with Crippen molar-refractivity contribution < 1.29 is 18.7 Å². The topological polar surface area (TPSA) is 43.4 Å². The Kier molecular flexibility index (Phi) is 7.28. The number of unbranched alkanes of at least 4 members (excludes halogenated alkanes) is 1. The summed E-state index contributed by atoms with van der Waals surface area (Å²) in [4.78, 5) is 23.9. The minimum absolute atomic E-state index is 0.331. The molecule has 0 aliphatic rings. The first kappa shape index (κ1) is 21.2. The Balaban J connectivity index is 2.10. The molecule has 0 radical (unpaired) electrons. The lowest BCUT2D eigenvalue weighted by Crippen LogP contribution is -2.02. The third kappa shape index (κ3) is 5.29. The van der Waals surface area contributed by atoms with Crippen LogP contribution in [-0.4, -0.2) is 18.9 Å². The summed E-state index contributed by atoms with van der Waals surface area (Å²) < 4.78 is 18.5. The SMILES string of the molecule is CCCCOC(=O)/C=C/C(=C/c1ccc(F)cc1)c1c(C=O)ccc2ccccc12. The van der Waals surface area contributed by atoms with Crippen LogP contribution in [-0.2, 0) is 9.53 Å². The molecule has 0 aliphatic carbocycles. The Morgan fingerprint density at radius 3 is 2.50 bits per heavy atom. The Morgan fingerprint density at radius 1 is 1.00 bits per heavy atom. The number of allylic oxidation sites excluding steroid dienone is 2. The van der Waals surface area contributed by atoms with Crippen LogP contribution >= 0.6 is 0 Å². The zero-order valence-corrected chi connectivity index (χ0v) is 16.8. The number of carbonyl (C=O) groups excluding carboxylic acids is 2. The highest BCUT2D eigenvalue weighted by Crippen LogP contribution is 2.30. The van der Waals surface area contributed by atoms with E-state index in [9.17, 15) is 14.0 Å². The van der Waals surface area contributed by atoms with Crippen LogP contribution in [0.4, 0.5) is 4.39 Å². The van der Waals surface area contributed by atoms with Crippen molar-refractivity contribution in [2.24, 2.45) is 0 Å². The first-order chi connectivity index (χ1) is 14.6. The van der Waals surface area contributed by atoms with Gasteiger partial charge < -0.3 is 4.74 Å². The van der Waals surface area contributed by atoms with E-state index in [0.29, 0.717) is 23.3 Å². The second-order valence-corrected chi connectivity index (χ2v) is 6.87. The fourth-order valence-electron chi connectivity index (χ4n) is 3.17. The minimum atomic E-state index is -0.443. The molecule has 0 aromatic heterocycles. The minimum Gasteiger partial charge on any atom is -0.463 e. The molecule has 4 heteroatoms. The smallest absolute Gasteiger partial charge is 0.330 e. The number of ether oxygens (including phenoxy) is 1. The fraction of sp³-hybridized carbons (Fsp3) is 0.154. The molecule has 0 saturated carbocycles. The van der Waals surface area contributed by atoms with E-state index in [1.54, 1.807) is 24.3 Å². The van der Waals surface area contributed by atoms with Crippen molar-refractivity contribution in [2.75, 3.05) is 6.61 Å². The molecule has 3 aromatic carbocycles. The number of esters is 1. The van der Waals surface area contributed by atoms with Crippen molar-refractivity contribution in [2.45, 2.75) is 19.8 Å². The molecule has 3 aromatic rings. The van der Waals surface area contributed by atoms with Gasteiger partial charge in [0.2, 0.25) is 0 Å². The van der Waals surface area contributed by atoms with Gasteiger partial charge in [-0.25, -0.2) is 9.18 Å². The molecule has 0 spiro atoms. The highest BCUT2D eigenvalue weighted by atomic mass is 19.1. The molecule has 0 fully saturated rings. The number of rotatable bonds is 8. The number of carbonyl (C=O) groups is 2. The molecule has 0 unspecified atom stereocenters. The molecule has 0 amide bonds. The van der Waals surface area contributed by atoms with Crippen molar-refractivity contribution in [1.82, 2.24) is 0 Å². The monoisotopic (exact) mass is 402 g/mol. The molecule has 0 bridgehead atoms. The number of fused-ring (bicyclic) bond motifs is 1. The van der Waals surface area contributed by atoms with Gasteiger partial charge in [0, 0.05) is 17.2 Å². The summed E-state index contributed by atoms with van der Waals surface area (Å²) in [6.45, 7) is 2.39. The number of hydrogen-bond donors (Lipinski definition) is 0. The number of aldehydes is 1. The first-order valence-electron chi connectivity index (χ1n) is 9.91. The van der Waals surface area contributed by atoms with Crippen molar-refractivity contribution in [3.05, 3.63) is 95.3 Å². The van der Waals surface area contributed by atoms with Crippen LogP contribution in [0.2, 0.25) is 0 Å². The average Bonchev–Trinajstić information content (AvgIpc) is 2.77. The zero-order chi connectivity index (χ0) is 21.3. The largest absolute Gasteiger partial charge is 0.463 e. The summed E-state index contributed by atoms with van der Waals surface area (Å²) in [5.74, 6) is -0.774. The van der Waals surface area contributed by atoms with Crippen LogP contribution in [0.3, 0.4) is 0 Å². The Bertz CT molecular complexity index is 1090. The summed E-state index contributed by atoms with van der Waals surface area (Å²) in [5.41, 5.74) is 2.63. The molecule has 30 heavy (non-hydrogen) atoms. The molecule has 152 valence electrons. The van der Waals surface area contributed by atoms with Gasteiger partial charge in [-0.05, 0) is 52.6 Å². The first-order valence-corrected chi connectivity index (χ1v) is 9.91. The predicted molar refractivity (Wildman–Crippen MR) is 119 cm³/mol. The maximum atomic E-state index is 13.3. The third-order valence-electron chi connectivity index (χ3n) is 4.71. The second kappa shape index (κ2) is 10.3. The summed E-state index contributed by atoms with van der Waals surface area (Å²) in [5, 5.41) is 1.86. The van der Waals surface area contributed by atoms with Crippen molar-refractivity contribution in [1.29, 1.82) is 0 Å². The van der Waals surface area contributed by atoms with Crippen molar-refractivity contribution in [3.8, 4) is 0 Å². The number of halogens is 1. The molecule has 0 N–H and O–H groups in total. The van der Waals surface area contributed by atoms with Crippen LogP contribution in [0, 0.1) is 5.82 Å². The van der Waals surface area contributed by atoms with E-state index in [2.05, 4.69) is 0 Å². The molecular formula is C26H23FO3. The van der Waals surface area contributed by atoms with Gasteiger partial charge in [0.15, 0.2) is 6.29 Å². The van der Waals surface area contributed by atoms with Gasteiger partial charge in [0.25, 0.3) is 0 Å². The van der Waals surface area contributed by atoms with E-state index < -0.39 is 5.97 Å². The van der Waals surface area contributed by atoms with Gasteiger partial charge in [-0.3, -0.25) is 4.79 Å². The van der Waals surface area contributed by atoms with Crippen LogP contribution in [0.5, 0.6) is 0 Å². The maximum Gasteiger partial charge on any atom is 0.330 e. The Hall–Kier alpha value is -3.53. The maximum absolute atomic E-state index is 13.3. The van der Waals surface area contributed by atoms with Crippen molar-refractivity contribution in [3.63, 3.8) is 0 Å². The van der Waals surface area contributed by atoms with Gasteiger partial charge in [0.05, 0.1) is 6.61 Å². The summed E-state index contributed by atoms with van der Waals surface area (Å²) in [6.07, 6.45) is 7.37. The molecule has 0 atom stereocenters. The second-order valence-electron chi connectivity index (χ2n) is 6.87. The van der Waals surface area contributed by atoms with Gasteiger partial charge >= 0.3 is 5.97 Å². The quantitative estimate of drug-likeness (QED) is 0.112. The van der Waals surface area contributed by atoms with E-state index in [1.807, 2.05) is 43.3 Å². The standard InChI is InChI=1S/C26H23FO3/c1-2-3-16-30-25(29)15-12-21(17-19-8-13-23(27)14-9-19)26-22(18-28)11-10-20-6-4-5-7-24(20)26/h4-15,17-18H,2-3,16H2,1H3/b15-12+,21-17-. The highest BCUT2D eigenvalue weighted by Gasteiger charge is 2.11. The van der Waals surface area contributed by atoms with E-state index in [4.69, 9.17) is 4.74 Å². The van der Waals surface area contributed by atoms with E-state index in [1.165, 1.54) is 18.2 Å². The summed E-state index contributed by atoms with van der Waals surface area (Å²) in [6, 6.07) is 17.4. The van der Waals surface area contributed by atoms with Crippen LogP contribution < -0.4 is 0 Å². The highest BCUT2D eigenvalue weighted by molar-refractivity contribution is 6.07. The normalized spacial score (nSPS) is 11.7. The Labute approximate surface area is 175 Å². The molecule has 3 rings (SSSR count). The van der Waals surface area contributed by atoms with Crippen LogP contribution in [0.1, 0.15) is 41.3 Å². The molecular weight excluding hydrogens is 379 g/mol. The predicted octanol–water partition coefficient (Wildman–Crippen LogP) is 6.23.